The van der Waals surface area contributed by atoms with Crippen LogP contribution in [0.3, 0.4) is 0 Å². The van der Waals surface area contributed by atoms with Gasteiger partial charge in [0.2, 0.25) is 0 Å². The van der Waals surface area contributed by atoms with E-state index < -0.39 is 17.9 Å². The van der Waals surface area contributed by atoms with Crippen molar-refractivity contribution in [2.24, 2.45) is 0 Å². The number of benzene rings is 3. The maximum absolute atomic E-state index is 13.2. The molecule has 37 heavy (non-hydrogen) atoms. The molecule has 1 aromatic heterocycles. The van der Waals surface area contributed by atoms with Crippen LogP contribution < -0.4 is 24.2 Å². The molecular formula is C29H30LiNO5S. The number of para-hydroxylation sites is 1. The summed E-state index contributed by atoms with van der Waals surface area (Å²) in [5, 5.41) is 13.3. The number of rotatable bonds is 11. The topological polar surface area (TPSA) is 88.8 Å². The third-order valence-electron chi connectivity index (χ3n) is 5.97. The smallest absolute Gasteiger partial charge is 1.00 e. The van der Waals surface area contributed by atoms with E-state index in [0.29, 0.717) is 31.0 Å². The van der Waals surface area contributed by atoms with Crippen LogP contribution >= 0.6 is 11.8 Å². The van der Waals surface area contributed by atoms with Crippen molar-refractivity contribution in [1.82, 2.24) is 5.32 Å². The van der Waals surface area contributed by atoms with Gasteiger partial charge in [-0.3, -0.25) is 4.79 Å². The molecule has 6 nitrogen and oxygen atoms in total. The average Bonchev–Trinajstić information content (AvgIpc) is 3.29. The summed E-state index contributed by atoms with van der Waals surface area (Å²) in [7, 11) is 0. The Kier molecular flexibility index (Phi) is 10.5. The molecule has 1 heterocycles. The van der Waals surface area contributed by atoms with E-state index in [1.165, 1.54) is 0 Å². The van der Waals surface area contributed by atoms with Gasteiger partial charge < -0.3 is 21.0 Å². The number of nitrogens with one attached hydrogen (secondary N) is 1. The van der Waals surface area contributed by atoms with Gasteiger partial charge in [0.05, 0.1) is 6.61 Å². The maximum atomic E-state index is 13.2. The average molecular weight is 512 g/mol. The van der Waals surface area contributed by atoms with E-state index in [2.05, 4.69) is 5.32 Å². The zero-order chi connectivity index (χ0) is 25.5. The molecule has 0 aliphatic rings. The molecule has 4 aromatic rings. The van der Waals surface area contributed by atoms with Crippen molar-refractivity contribution < 1.29 is 44.1 Å². The van der Waals surface area contributed by atoms with Gasteiger partial charge in [0.15, 0.2) is 0 Å². The molecule has 2 N–H and O–H groups in total. The number of carbonyl (C=O) groups excluding carboxylic acids is 1. The largest absolute Gasteiger partial charge is 1.00 e. The van der Waals surface area contributed by atoms with Crippen LogP contribution in [0.4, 0.5) is 0 Å². The molecule has 1 unspecified atom stereocenters. The number of fused-ring (bicyclic) bond motifs is 1. The first-order valence-electron chi connectivity index (χ1n) is 11.7. The normalized spacial score (nSPS) is 11.6. The maximum Gasteiger partial charge on any atom is 1.00 e. The van der Waals surface area contributed by atoms with Crippen molar-refractivity contribution in [2.75, 3.05) is 12.0 Å². The first kappa shape index (κ1) is 28.6. The van der Waals surface area contributed by atoms with E-state index in [1.54, 1.807) is 17.8 Å². The van der Waals surface area contributed by atoms with E-state index in [0.717, 1.165) is 39.0 Å². The van der Waals surface area contributed by atoms with Crippen LogP contribution in [0.25, 0.3) is 22.1 Å². The van der Waals surface area contributed by atoms with Gasteiger partial charge in [0.25, 0.3) is 5.91 Å². The van der Waals surface area contributed by atoms with E-state index in [-0.39, 0.29) is 20.3 Å². The monoisotopic (exact) mass is 511 g/mol. The van der Waals surface area contributed by atoms with Crippen molar-refractivity contribution in [3.63, 3.8) is 0 Å². The van der Waals surface area contributed by atoms with Gasteiger partial charge in [-0.05, 0) is 71.9 Å². The van der Waals surface area contributed by atoms with Crippen molar-refractivity contribution >= 4 is 34.6 Å². The molecular weight excluding hydrogens is 481 g/mol. The van der Waals surface area contributed by atoms with Crippen molar-refractivity contribution in [3.05, 3.63) is 95.2 Å². The fraction of sp³-hybridized carbons (Fsp3) is 0.241. The van der Waals surface area contributed by atoms with E-state index >= 15 is 0 Å². The summed E-state index contributed by atoms with van der Waals surface area (Å²) < 4.78 is 11.7. The molecule has 0 saturated heterocycles. The Morgan fingerprint density at radius 1 is 1.03 bits per heavy atom. The third-order valence-corrected chi connectivity index (χ3v) is 6.61. The Balaban J connectivity index is 0.00000253. The summed E-state index contributed by atoms with van der Waals surface area (Å²) in [6.45, 7) is 2.65. The molecule has 0 bridgehead atoms. The van der Waals surface area contributed by atoms with Crippen molar-refractivity contribution in [3.8, 4) is 11.1 Å². The summed E-state index contributed by atoms with van der Waals surface area (Å²) in [5.74, 6) is -0.0538. The second-order valence-corrected chi connectivity index (χ2v) is 9.57. The Labute approximate surface area is 234 Å². The third kappa shape index (κ3) is 7.30. The van der Waals surface area contributed by atoms with Gasteiger partial charge in [-0.1, -0.05) is 48.5 Å². The second kappa shape index (κ2) is 13.6. The van der Waals surface area contributed by atoms with Gasteiger partial charge in [-0.15, -0.1) is 0 Å². The molecule has 188 valence electrons. The summed E-state index contributed by atoms with van der Waals surface area (Å²) in [4.78, 5) is 24.9. The van der Waals surface area contributed by atoms with Crippen LogP contribution in [0.2, 0.25) is 0 Å². The molecule has 0 aliphatic heterocycles. The zero-order valence-corrected chi connectivity index (χ0v) is 22.1. The number of carboxylic acids is 1. The quantitative estimate of drug-likeness (QED) is 0.301. The molecule has 1 amide bonds. The first-order chi connectivity index (χ1) is 17.5. The minimum Gasteiger partial charge on any atom is -1.00 e. The van der Waals surface area contributed by atoms with Crippen LogP contribution in [0.5, 0.6) is 0 Å². The number of aryl methyl sites for hydroxylation is 1. The number of carbonyl (C=O) groups is 2. The minimum absolute atomic E-state index is 0. The minimum atomic E-state index is -1.04. The van der Waals surface area contributed by atoms with Gasteiger partial charge in [-0.2, -0.15) is 11.8 Å². The predicted octanol–water partition coefficient (Wildman–Crippen LogP) is 3.18. The summed E-state index contributed by atoms with van der Waals surface area (Å²) >= 11 is 1.55. The zero-order valence-electron chi connectivity index (χ0n) is 22.3. The number of furan rings is 1. The van der Waals surface area contributed by atoms with Crippen LogP contribution in [0.1, 0.15) is 35.1 Å². The van der Waals surface area contributed by atoms with Crippen molar-refractivity contribution in [1.29, 1.82) is 0 Å². The molecule has 0 spiro atoms. The van der Waals surface area contributed by atoms with Crippen LogP contribution in [0.15, 0.2) is 77.2 Å². The number of carboxylic acid groups (broad SMARTS) is 1. The summed E-state index contributed by atoms with van der Waals surface area (Å²) in [6.07, 6.45) is 2.27. The Morgan fingerprint density at radius 2 is 1.78 bits per heavy atom. The number of aliphatic carboxylic acids is 1. The first-order valence-corrected chi connectivity index (χ1v) is 13.1. The Bertz CT molecular complexity index is 1340. The van der Waals surface area contributed by atoms with Gasteiger partial charge in [0, 0.05) is 10.9 Å². The van der Waals surface area contributed by atoms with Gasteiger partial charge in [0.1, 0.15) is 24.0 Å². The number of thioether (sulfide) groups is 1. The molecule has 3 aromatic carbocycles. The molecule has 0 radical (unpaired) electrons. The van der Waals surface area contributed by atoms with Gasteiger partial charge in [-0.25, -0.2) is 4.79 Å². The van der Waals surface area contributed by atoms with Crippen molar-refractivity contribution in [2.45, 2.75) is 32.6 Å². The number of hydrogen-bond donors (Lipinski definition) is 2. The molecule has 1 atom stereocenters. The van der Waals surface area contributed by atoms with E-state index in [9.17, 15) is 14.7 Å². The number of ether oxygens (including phenoxy) is 1. The Morgan fingerprint density at radius 3 is 2.51 bits per heavy atom. The fourth-order valence-electron chi connectivity index (χ4n) is 4.08. The predicted molar refractivity (Wildman–Crippen MR) is 144 cm³/mol. The fourth-order valence-corrected chi connectivity index (χ4v) is 4.56. The number of amides is 1. The number of hydrogen-bond acceptors (Lipinski definition) is 5. The van der Waals surface area contributed by atoms with Crippen LogP contribution in [0, 0.1) is 6.92 Å². The summed E-state index contributed by atoms with van der Waals surface area (Å²) in [6, 6.07) is 22.2. The molecule has 0 aliphatic carbocycles. The van der Waals surface area contributed by atoms with Gasteiger partial charge >= 0.3 is 24.8 Å². The van der Waals surface area contributed by atoms with E-state index in [4.69, 9.17) is 9.15 Å². The molecule has 4 rings (SSSR count). The Hall–Kier alpha value is -2.95. The molecule has 0 saturated carbocycles. The van der Waals surface area contributed by atoms with Crippen LogP contribution in [-0.4, -0.2) is 35.0 Å². The standard InChI is InChI=1S/C29H29NO5S.Li.H/c1-19-7-3-5-9-23(19)25-15-20(17-34-18-22-16-21-8-4-6-10-27(21)35-22)11-12-24(25)28(31)30-26(29(32)33)13-14-36-2;;/h3-12,15-16,26H,13-14,17-18H2,1-2H3,(H,30,31)(H,32,33);;/q;+1;-1. The van der Waals surface area contributed by atoms with Crippen LogP contribution in [-0.2, 0) is 22.7 Å². The SMILES string of the molecule is CSCCC(NC(=O)c1ccc(COCc2cc3ccccc3o2)cc1-c1ccccc1C)C(=O)O.[H-].[Li+]. The summed E-state index contributed by atoms with van der Waals surface area (Å²) in [5.41, 5.74) is 4.83. The molecule has 0 fully saturated rings. The second-order valence-electron chi connectivity index (χ2n) is 8.58. The van der Waals surface area contributed by atoms with E-state index in [1.807, 2.05) is 79.9 Å². The molecule has 8 heteroatoms.